The molecule has 1 aromatic heterocycles. The summed E-state index contributed by atoms with van der Waals surface area (Å²) in [5, 5.41) is 3.71. The fourth-order valence-corrected chi connectivity index (χ4v) is 4.23. The molecule has 0 aliphatic carbocycles. The average molecular weight is 419 g/mol. The SMILES string of the molecule is CSc1ncccc1C(=O)Nc1ccc(N2CCN(Cc3ccccc3)CC2)cc1. The van der Waals surface area contributed by atoms with Crippen molar-refractivity contribution in [1.82, 2.24) is 9.88 Å². The van der Waals surface area contributed by atoms with E-state index in [4.69, 9.17) is 0 Å². The van der Waals surface area contributed by atoms with Crippen LogP contribution in [0, 0.1) is 0 Å². The quantitative estimate of drug-likeness (QED) is 0.602. The summed E-state index contributed by atoms with van der Waals surface area (Å²) in [4.78, 5) is 21.7. The van der Waals surface area contributed by atoms with Gasteiger partial charge in [0, 0.05) is 50.3 Å². The lowest BCUT2D eigenvalue weighted by Gasteiger charge is -2.36. The van der Waals surface area contributed by atoms with E-state index in [1.54, 1.807) is 18.3 Å². The van der Waals surface area contributed by atoms with Crippen molar-refractivity contribution in [3.8, 4) is 0 Å². The molecule has 1 amide bonds. The van der Waals surface area contributed by atoms with Crippen LogP contribution in [0.1, 0.15) is 15.9 Å². The number of hydrogen-bond donors (Lipinski definition) is 1. The van der Waals surface area contributed by atoms with Crippen LogP contribution in [0.25, 0.3) is 0 Å². The lowest BCUT2D eigenvalue weighted by atomic mass is 10.2. The Kier molecular flexibility index (Phi) is 6.67. The molecule has 1 fully saturated rings. The van der Waals surface area contributed by atoms with Crippen molar-refractivity contribution in [2.75, 3.05) is 42.7 Å². The van der Waals surface area contributed by atoms with E-state index in [0.29, 0.717) is 5.56 Å². The molecule has 6 heteroatoms. The predicted molar refractivity (Wildman–Crippen MR) is 124 cm³/mol. The van der Waals surface area contributed by atoms with E-state index < -0.39 is 0 Å². The number of anilines is 2. The first-order valence-electron chi connectivity index (χ1n) is 10.1. The zero-order valence-corrected chi connectivity index (χ0v) is 17.9. The van der Waals surface area contributed by atoms with Crippen LogP contribution in [0.5, 0.6) is 0 Å². The first-order valence-corrected chi connectivity index (χ1v) is 11.4. The van der Waals surface area contributed by atoms with Crippen LogP contribution < -0.4 is 10.2 Å². The van der Waals surface area contributed by atoms with Gasteiger partial charge in [0.05, 0.1) is 5.56 Å². The summed E-state index contributed by atoms with van der Waals surface area (Å²) in [5.74, 6) is -0.130. The molecule has 0 unspecified atom stereocenters. The van der Waals surface area contributed by atoms with Crippen LogP contribution in [0.4, 0.5) is 11.4 Å². The zero-order valence-electron chi connectivity index (χ0n) is 17.1. The molecule has 0 atom stereocenters. The molecule has 2 heterocycles. The van der Waals surface area contributed by atoms with E-state index in [-0.39, 0.29) is 5.91 Å². The molecule has 5 nitrogen and oxygen atoms in total. The van der Waals surface area contributed by atoms with Gasteiger partial charge in [0.2, 0.25) is 0 Å². The summed E-state index contributed by atoms with van der Waals surface area (Å²) >= 11 is 1.47. The van der Waals surface area contributed by atoms with Crippen LogP contribution in [0.3, 0.4) is 0 Å². The van der Waals surface area contributed by atoms with E-state index in [1.807, 2.05) is 18.4 Å². The Balaban J connectivity index is 1.32. The topological polar surface area (TPSA) is 48.5 Å². The smallest absolute Gasteiger partial charge is 0.258 e. The fourth-order valence-electron chi connectivity index (χ4n) is 3.69. The van der Waals surface area contributed by atoms with Crippen LogP contribution in [-0.4, -0.2) is 48.2 Å². The first-order chi connectivity index (χ1) is 14.7. The van der Waals surface area contributed by atoms with Crippen molar-refractivity contribution in [1.29, 1.82) is 0 Å². The number of carbonyl (C=O) groups is 1. The lowest BCUT2D eigenvalue weighted by molar-refractivity contribution is 0.102. The van der Waals surface area contributed by atoms with Gasteiger partial charge in [-0.05, 0) is 48.2 Å². The minimum Gasteiger partial charge on any atom is -0.369 e. The monoisotopic (exact) mass is 418 g/mol. The van der Waals surface area contributed by atoms with Gasteiger partial charge in [-0.3, -0.25) is 9.69 Å². The number of carbonyl (C=O) groups excluding carboxylic acids is 1. The Morgan fingerprint density at radius 2 is 1.70 bits per heavy atom. The molecule has 0 spiro atoms. The molecule has 3 aromatic rings. The molecule has 1 aliphatic heterocycles. The Morgan fingerprint density at radius 3 is 2.40 bits per heavy atom. The van der Waals surface area contributed by atoms with Crippen LogP contribution in [-0.2, 0) is 6.54 Å². The van der Waals surface area contributed by atoms with E-state index >= 15 is 0 Å². The standard InChI is InChI=1S/C24H26N4OS/c1-30-24-22(8-5-13-25-24)23(29)26-20-9-11-21(12-10-20)28-16-14-27(15-17-28)18-19-6-3-2-4-7-19/h2-13H,14-18H2,1H3,(H,26,29). The van der Waals surface area contributed by atoms with Gasteiger partial charge in [-0.2, -0.15) is 0 Å². The maximum atomic E-state index is 12.6. The number of amides is 1. The van der Waals surface area contributed by atoms with E-state index in [2.05, 4.69) is 62.6 Å². The summed E-state index contributed by atoms with van der Waals surface area (Å²) in [7, 11) is 0. The number of benzene rings is 2. The molecular formula is C24H26N4OS. The average Bonchev–Trinajstić information content (AvgIpc) is 2.81. The third-order valence-corrected chi connectivity index (χ3v) is 6.03. The molecule has 4 rings (SSSR count). The third kappa shape index (κ3) is 5.01. The number of nitrogens with one attached hydrogen (secondary N) is 1. The molecule has 0 radical (unpaired) electrons. The maximum absolute atomic E-state index is 12.6. The van der Waals surface area contributed by atoms with Gasteiger partial charge < -0.3 is 10.2 Å². The van der Waals surface area contributed by atoms with Crippen LogP contribution in [0.2, 0.25) is 0 Å². The van der Waals surface area contributed by atoms with Gasteiger partial charge in [-0.1, -0.05) is 30.3 Å². The van der Waals surface area contributed by atoms with Crippen molar-refractivity contribution >= 4 is 29.0 Å². The normalized spacial score (nSPS) is 14.5. The van der Waals surface area contributed by atoms with Crippen molar-refractivity contribution in [2.45, 2.75) is 11.6 Å². The second-order valence-corrected chi connectivity index (χ2v) is 8.10. The second-order valence-electron chi connectivity index (χ2n) is 7.31. The highest BCUT2D eigenvalue weighted by molar-refractivity contribution is 7.98. The lowest BCUT2D eigenvalue weighted by Crippen LogP contribution is -2.45. The van der Waals surface area contributed by atoms with Crippen LogP contribution in [0.15, 0.2) is 78.0 Å². The molecular weight excluding hydrogens is 392 g/mol. The summed E-state index contributed by atoms with van der Waals surface area (Å²) in [6.45, 7) is 5.11. The molecule has 1 aliphatic rings. The Bertz CT molecular complexity index is 970. The summed E-state index contributed by atoms with van der Waals surface area (Å²) in [6.07, 6.45) is 3.63. The van der Waals surface area contributed by atoms with E-state index in [1.165, 1.54) is 23.0 Å². The third-order valence-electron chi connectivity index (χ3n) is 5.32. The second kappa shape index (κ2) is 9.78. The van der Waals surface area contributed by atoms with Gasteiger partial charge in [0.25, 0.3) is 5.91 Å². The van der Waals surface area contributed by atoms with Crippen molar-refractivity contribution in [3.05, 3.63) is 84.1 Å². The fraction of sp³-hybridized carbons (Fsp3) is 0.250. The Morgan fingerprint density at radius 1 is 0.967 bits per heavy atom. The van der Waals surface area contributed by atoms with Gasteiger partial charge in [-0.15, -0.1) is 11.8 Å². The number of rotatable bonds is 6. The first kappa shape index (κ1) is 20.4. The number of hydrogen-bond acceptors (Lipinski definition) is 5. The highest BCUT2D eigenvalue weighted by Crippen LogP contribution is 2.22. The van der Waals surface area contributed by atoms with Crippen molar-refractivity contribution in [2.24, 2.45) is 0 Å². The summed E-state index contributed by atoms with van der Waals surface area (Å²) < 4.78 is 0. The van der Waals surface area contributed by atoms with Gasteiger partial charge in [-0.25, -0.2) is 4.98 Å². The Labute approximate surface area is 182 Å². The number of thioether (sulfide) groups is 1. The number of aromatic nitrogens is 1. The van der Waals surface area contributed by atoms with Crippen molar-refractivity contribution in [3.63, 3.8) is 0 Å². The predicted octanol–water partition coefficient (Wildman–Crippen LogP) is 4.38. The minimum absolute atomic E-state index is 0.130. The minimum atomic E-state index is -0.130. The Hall–Kier alpha value is -2.83. The van der Waals surface area contributed by atoms with Gasteiger partial charge in [0.1, 0.15) is 5.03 Å². The van der Waals surface area contributed by atoms with Gasteiger partial charge >= 0.3 is 0 Å². The largest absolute Gasteiger partial charge is 0.369 e. The molecule has 0 bridgehead atoms. The summed E-state index contributed by atoms with van der Waals surface area (Å²) in [6, 6.07) is 22.3. The van der Waals surface area contributed by atoms with Crippen LogP contribution >= 0.6 is 11.8 Å². The van der Waals surface area contributed by atoms with E-state index in [9.17, 15) is 4.79 Å². The molecule has 1 N–H and O–H groups in total. The number of pyridine rings is 1. The molecule has 0 saturated carbocycles. The highest BCUT2D eigenvalue weighted by Gasteiger charge is 2.17. The van der Waals surface area contributed by atoms with Crippen molar-refractivity contribution < 1.29 is 4.79 Å². The molecule has 1 saturated heterocycles. The maximum Gasteiger partial charge on any atom is 0.258 e. The van der Waals surface area contributed by atoms with E-state index in [0.717, 1.165) is 43.4 Å². The number of piperazine rings is 1. The zero-order chi connectivity index (χ0) is 20.8. The molecule has 30 heavy (non-hydrogen) atoms. The summed E-state index contributed by atoms with van der Waals surface area (Å²) in [5.41, 5.74) is 3.95. The molecule has 2 aromatic carbocycles. The molecule has 154 valence electrons. The number of nitrogens with zero attached hydrogens (tertiary/aromatic N) is 3. The highest BCUT2D eigenvalue weighted by atomic mass is 32.2. The van der Waals surface area contributed by atoms with Gasteiger partial charge in [0.15, 0.2) is 0 Å².